The van der Waals surface area contributed by atoms with Crippen molar-refractivity contribution in [1.82, 2.24) is 0 Å². The zero-order chi connectivity index (χ0) is 48.1. The van der Waals surface area contributed by atoms with Crippen molar-refractivity contribution in [3.63, 3.8) is 0 Å². The molecule has 0 unspecified atom stereocenters. The molecule has 0 saturated carbocycles. The minimum atomic E-state index is -7.22. The van der Waals surface area contributed by atoms with Crippen LogP contribution in [-0.4, -0.2) is 6.15 Å². The Balaban J connectivity index is 0.000000395. The normalized spacial score (nSPS) is 11.7. The molecular weight excluding hydrogens is 1020 g/mol. The molecule has 22 heteroatoms. The molecule has 0 amide bonds. The number of benzene rings is 5. The van der Waals surface area contributed by atoms with Gasteiger partial charge in [0, 0.05) is 0 Å². The summed E-state index contributed by atoms with van der Waals surface area (Å²) in [7, 11) is 0. The number of halogens is 21. The van der Waals surface area contributed by atoms with Crippen LogP contribution in [0.5, 0.6) is 0 Å². The van der Waals surface area contributed by atoms with E-state index in [-0.39, 0.29) is 0 Å². The number of unbranched alkanes of at least 4 members (excludes halogenated alkanes) is 9. The lowest BCUT2D eigenvalue weighted by molar-refractivity contribution is -0.328. The van der Waals surface area contributed by atoms with Gasteiger partial charge in [0.15, 0.2) is 73.4 Å². The molecule has 0 radical (unpaired) electrons. The summed E-state index contributed by atoms with van der Waals surface area (Å²) < 4.78 is 295. The van der Waals surface area contributed by atoms with Crippen molar-refractivity contribution in [2.75, 3.05) is 0 Å². The lowest BCUT2D eigenvalue weighted by Crippen LogP contribution is -3.34. The van der Waals surface area contributed by atoms with E-state index in [4.69, 9.17) is 0 Å². The first kappa shape index (κ1) is 52.1. The van der Waals surface area contributed by atoms with Crippen LogP contribution in [0.4, 0.5) is 87.8 Å². The van der Waals surface area contributed by atoms with Gasteiger partial charge in [0.2, 0.25) is 0 Å². The Labute approximate surface area is 364 Å². The van der Waals surface area contributed by atoms with Crippen LogP contribution in [0.1, 0.15) is 76.7 Å². The first-order valence-electron chi connectivity index (χ1n) is 19.0. The topological polar surface area (TPSA) is 0 Å². The summed E-state index contributed by atoms with van der Waals surface area (Å²) in [6.07, 6.45) is 8.29. The summed E-state index contributed by atoms with van der Waals surface area (Å²) in [6.45, 7) is 2.29. The molecular formula is C42H30BF20I. The fourth-order valence-corrected chi connectivity index (χ4v) is 7.74. The first-order chi connectivity index (χ1) is 30.0. The Bertz CT molecular complexity index is 2130. The van der Waals surface area contributed by atoms with Crippen molar-refractivity contribution >= 4 is 28.0 Å². The molecule has 0 aliphatic heterocycles. The van der Waals surface area contributed by atoms with Gasteiger partial charge in [-0.25, -0.2) is 87.8 Å². The minimum Gasteiger partial charge on any atom is -0.207 e. The molecule has 0 heterocycles. The summed E-state index contributed by atoms with van der Waals surface area (Å²) in [6, 6.07) is 9.03. The summed E-state index contributed by atoms with van der Waals surface area (Å²) in [5.41, 5.74) is -12.8. The first-order valence-corrected chi connectivity index (χ1v) is 20.2. The minimum absolute atomic E-state index is 1.26. The molecule has 348 valence electrons. The number of hydrogen-bond acceptors (Lipinski definition) is 0. The Morgan fingerprint density at radius 1 is 0.297 bits per heavy atom. The average Bonchev–Trinajstić information content (AvgIpc) is 3.27. The predicted octanol–water partition coefficient (Wildman–Crippen LogP) is 8.45. The summed E-state index contributed by atoms with van der Waals surface area (Å²) in [4.78, 5) is 0. The van der Waals surface area contributed by atoms with Crippen LogP contribution in [-0.2, 0) is 6.42 Å². The van der Waals surface area contributed by atoms with E-state index in [0.717, 1.165) is 0 Å². The maximum Gasteiger partial charge on any atom is 0.296 e. The van der Waals surface area contributed by atoms with Gasteiger partial charge in [0.05, 0.1) is 0 Å². The molecule has 5 aromatic carbocycles. The second kappa shape index (κ2) is 21.7. The quantitative estimate of drug-likeness (QED) is 0.0247. The van der Waals surface area contributed by atoms with E-state index >= 15 is 35.1 Å². The summed E-state index contributed by atoms with van der Waals surface area (Å²) in [5, 5.41) is 0. The second-order valence-corrected chi connectivity index (χ2v) is 15.7. The molecule has 0 N–H and O–H groups in total. The standard InChI is InChI=1S/C24BF20.C18H30I/c26-5-1(6(27)14(35)21(42)13(5)34)25(2-7(28)15(36)22(43)16(37)8(2)29,3-9(30)17(38)23(44)18(39)10(3)31)4-11(32)19(40)24(45)20(41)12(4)33;1-2-3-4-5-6-7-8-9-10-11-12-17-13-15-18(19)16-14-17/h;13-16,19H,2-12H2,1H3/q-1;+1. The molecule has 0 bridgehead atoms. The van der Waals surface area contributed by atoms with Gasteiger partial charge in [-0.05, 0) is 30.5 Å². The van der Waals surface area contributed by atoms with E-state index in [0.29, 0.717) is 0 Å². The number of hydrogen-bond donors (Lipinski definition) is 0. The highest BCUT2D eigenvalue weighted by Gasteiger charge is 2.52. The highest BCUT2D eigenvalue weighted by Crippen LogP contribution is 2.31. The van der Waals surface area contributed by atoms with Crippen molar-refractivity contribution in [2.24, 2.45) is 0 Å². The van der Waals surface area contributed by atoms with Gasteiger partial charge in [0.1, 0.15) is 52.7 Å². The maximum atomic E-state index is 15.4. The zero-order valence-corrected chi connectivity index (χ0v) is 35.0. The van der Waals surface area contributed by atoms with E-state index in [1.807, 2.05) is 0 Å². The van der Waals surface area contributed by atoms with Crippen molar-refractivity contribution < 1.29 is 110 Å². The average molecular weight is 1050 g/mol. The van der Waals surface area contributed by atoms with Crippen LogP contribution in [0, 0.1) is 120 Å². The van der Waals surface area contributed by atoms with Gasteiger partial charge in [0.25, 0.3) is 22.6 Å². The SMILES string of the molecule is CCCCCCCCCCCCc1ccc([IH+])cc1.Fc1c(F)c(F)c([B-](c2c(F)c(F)c(F)c(F)c2F)(c2c(F)c(F)c(F)c(F)c2F)c2c(F)c(F)c(F)c(F)c2F)c(F)c1F. The molecule has 0 aliphatic rings. The molecule has 5 rings (SSSR count). The largest absolute Gasteiger partial charge is 0.296 e. The van der Waals surface area contributed by atoms with Crippen molar-refractivity contribution in [2.45, 2.75) is 77.6 Å². The Hall–Kier alpha value is -4.51. The van der Waals surface area contributed by atoms with Gasteiger partial charge >= 0.3 is 0 Å². The summed E-state index contributed by atoms with van der Waals surface area (Å²) in [5.74, 6) is -71.4. The van der Waals surface area contributed by atoms with Gasteiger partial charge in [-0.2, -0.15) is 0 Å². The molecule has 64 heavy (non-hydrogen) atoms. The molecule has 0 aliphatic carbocycles. The van der Waals surface area contributed by atoms with Gasteiger partial charge < -0.3 is 0 Å². The molecule has 0 saturated heterocycles. The van der Waals surface area contributed by atoms with Crippen LogP contribution in [0.3, 0.4) is 0 Å². The molecule has 5 aromatic rings. The second-order valence-electron chi connectivity index (χ2n) is 14.4. The third-order valence-corrected chi connectivity index (χ3v) is 11.2. The van der Waals surface area contributed by atoms with Crippen LogP contribution in [0.15, 0.2) is 24.3 Å². The molecule has 0 fully saturated rings. The smallest absolute Gasteiger partial charge is 0.207 e. The lowest BCUT2D eigenvalue weighted by atomic mass is 9.12. The third kappa shape index (κ3) is 9.71. The van der Waals surface area contributed by atoms with E-state index in [1.54, 1.807) is 0 Å². The molecule has 0 spiro atoms. The van der Waals surface area contributed by atoms with E-state index in [9.17, 15) is 52.7 Å². The highest BCUT2D eigenvalue weighted by atomic mass is 127. The van der Waals surface area contributed by atoms with Crippen LogP contribution in [0.2, 0.25) is 0 Å². The van der Waals surface area contributed by atoms with Crippen LogP contribution < -0.4 is 44.4 Å². The number of aryl methyl sites for hydroxylation is 1. The number of rotatable bonds is 15. The van der Waals surface area contributed by atoms with Gasteiger partial charge in [-0.15, -0.1) is 21.9 Å². The zero-order valence-electron chi connectivity index (χ0n) is 32.6. The molecule has 0 nitrogen and oxygen atoms in total. The van der Waals surface area contributed by atoms with E-state index in [2.05, 4.69) is 53.8 Å². The fourth-order valence-electron chi connectivity index (χ4n) is 7.35. The Kier molecular flexibility index (Phi) is 17.6. The van der Waals surface area contributed by atoms with Crippen LogP contribution in [0.25, 0.3) is 0 Å². The Morgan fingerprint density at radius 3 is 0.734 bits per heavy atom. The maximum absolute atomic E-state index is 15.4. The van der Waals surface area contributed by atoms with Crippen LogP contribution >= 0.6 is 0 Å². The molecule has 0 atom stereocenters. The highest BCUT2D eigenvalue weighted by molar-refractivity contribution is 7.20. The van der Waals surface area contributed by atoms with E-state index < -0.39 is 144 Å². The fraction of sp³-hybridized carbons (Fsp3) is 0.286. The van der Waals surface area contributed by atoms with Gasteiger partial charge in [-0.1, -0.05) is 76.8 Å². The van der Waals surface area contributed by atoms with Crippen molar-refractivity contribution in [1.29, 1.82) is 0 Å². The Morgan fingerprint density at radius 2 is 0.500 bits per heavy atom. The van der Waals surface area contributed by atoms with Crippen molar-refractivity contribution in [3.8, 4) is 0 Å². The van der Waals surface area contributed by atoms with E-state index in [1.165, 1.54) is 79.8 Å². The van der Waals surface area contributed by atoms with Gasteiger partial charge in [-0.3, -0.25) is 0 Å². The molecule has 0 aromatic heterocycles. The predicted molar refractivity (Wildman–Crippen MR) is 191 cm³/mol. The summed E-state index contributed by atoms with van der Waals surface area (Å²) >= 11 is 2.09. The van der Waals surface area contributed by atoms with Crippen molar-refractivity contribution in [3.05, 3.63) is 150 Å². The lowest BCUT2D eigenvalue weighted by Gasteiger charge is -2.44. The monoisotopic (exact) mass is 1050 g/mol. The third-order valence-electron chi connectivity index (χ3n) is 10.4.